The van der Waals surface area contributed by atoms with Gasteiger partial charge in [-0.2, -0.15) is 0 Å². The first kappa shape index (κ1) is 25.6. The van der Waals surface area contributed by atoms with Crippen LogP contribution < -0.4 is 14.8 Å². The maximum Gasteiger partial charge on any atom is 0.242 e. The maximum atomic E-state index is 13.3. The van der Waals surface area contributed by atoms with Gasteiger partial charge in [-0.25, -0.2) is 0 Å². The number of aryl methyl sites for hydroxylation is 1. The number of methoxy groups -OCH3 is 1. The van der Waals surface area contributed by atoms with Crippen LogP contribution in [0.15, 0.2) is 48.5 Å². The van der Waals surface area contributed by atoms with Crippen molar-refractivity contribution in [2.24, 2.45) is 0 Å². The quantitative estimate of drug-likeness (QED) is 0.472. The second kappa shape index (κ2) is 13.0. The lowest BCUT2D eigenvalue weighted by Crippen LogP contribution is -2.50. The molecule has 2 aromatic carbocycles. The Morgan fingerprint density at radius 1 is 1.06 bits per heavy atom. The summed E-state index contributed by atoms with van der Waals surface area (Å²) in [5.74, 6) is 1.39. The van der Waals surface area contributed by atoms with Crippen molar-refractivity contribution < 1.29 is 19.1 Å². The van der Waals surface area contributed by atoms with Gasteiger partial charge >= 0.3 is 0 Å². The second-order valence-electron chi connectivity index (χ2n) is 9.16. The Kier molecular flexibility index (Phi) is 9.80. The van der Waals surface area contributed by atoms with Crippen LogP contribution in [-0.4, -0.2) is 42.5 Å². The molecule has 1 saturated carbocycles. The van der Waals surface area contributed by atoms with Gasteiger partial charge in [-0.05, 0) is 62.9 Å². The number of nitrogens with zero attached hydrogens (tertiary/aromatic N) is 1. The number of carbonyl (C=O) groups is 2. The van der Waals surface area contributed by atoms with Gasteiger partial charge in [0.25, 0.3) is 0 Å². The molecule has 6 heteroatoms. The molecule has 1 atom stereocenters. The van der Waals surface area contributed by atoms with E-state index in [2.05, 4.69) is 5.32 Å². The van der Waals surface area contributed by atoms with E-state index >= 15 is 0 Å². The summed E-state index contributed by atoms with van der Waals surface area (Å²) >= 11 is 0. The number of carbonyl (C=O) groups excluding carboxylic acids is 2. The van der Waals surface area contributed by atoms with Crippen molar-refractivity contribution in [3.05, 3.63) is 59.7 Å². The largest absolute Gasteiger partial charge is 0.497 e. The molecule has 1 N–H and O–H groups in total. The van der Waals surface area contributed by atoms with Crippen LogP contribution in [-0.2, 0) is 16.1 Å². The third kappa shape index (κ3) is 7.79. The van der Waals surface area contributed by atoms with Gasteiger partial charge in [0.15, 0.2) is 0 Å². The molecule has 1 fully saturated rings. The molecule has 3 rings (SSSR count). The SMILES string of the molecule is COc1cccc(CN(C(=O)CCCOc2ccc(C)cc2)[C@@H](C)C(=O)NC2CCCCC2)c1. The molecule has 2 aromatic rings. The molecule has 0 radical (unpaired) electrons. The van der Waals surface area contributed by atoms with Crippen molar-refractivity contribution in [1.82, 2.24) is 10.2 Å². The summed E-state index contributed by atoms with van der Waals surface area (Å²) in [6.07, 6.45) is 6.44. The van der Waals surface area contributed by atoms with Gasteiger partial charge in [0.2, 0.25) is 11.8 Å². The molecule has 0 aliphatic heterocycles. The monoisotopic (exact) mass is 466 g/mol. The molecule has 0 heterocycles. The fourth-order valence-electron chi connectivity index (χ4n) is 4.31. The normalized spacial score (nSPS) is 14.8. The summed E-state index contributed by atoms with van der Waals surface area (Å²) in [7, 11) is 1.62. The van der Waals surface area contributed by atoms with Gasteiger partial charge < -0.3 is 19.7 Å². The first-order chi connectivity index (χ1) is 16.5. The number of benzene rings is 2. The van der Waals surface area contributed by atoms with Crippen molar-refractivity contribution in [1.29, 1.82) is 0 Å². The van der Waals surface area contributed by atoms with Crippen LogP contribution in [0.2, 0.25) is 0 Å². The zero-order valence-electron chi connectivity index (χ0n) is 20.7. The van der Waals surface area contributed by atoms with Crippen molar-refractivity contribution in [3.63, 3.8) is 0 Å². The van der Waals surface area contributed by atoms with Gasteiger partial charge in [0, 0.05) is 19.0 Å². The number of rotatable bonds is 11. The molecule has 1 aliphatic rings. The number of amides is 2. The minimum Gasteiger partial charge on any atom is -0.497 e. The summed E-state index contributed by atoms with van der Waals surface area (Å²) in [5, 5.41) is 3.17. The van der Waals surface area contributed by atoms with Crippen molar-refractivity contribution in [2.75, 3.05) is 13.7 Å². The topological polar surface area (TPSA) is 67.9 Å². The van der Waals surface area contributed by atoms with E-state index in [0.29, 0.717) is 26.0 Å². The molecule has 2 amide bonds. The van der Waals surface area contributed by atoms with Gasteiger partial charge in [-0.3, -0.25) is 9.59 Å². The molecule has 0 unspecified atom stereocenters. The Morgan fingerprint density at radius 3 is 2.50 bits per heavy atom. The number of ether oxygens (including phenoxy) is 2. The van der Waals surface area contributed by atoms with E-state index in [1.165, 1.54) is 12.0 Å². The minimum absolute atomic E-state index is 0.0541. The van der Waals surface area contributed by atoms with E-state index < -0.39 is 6.04 Å². The van der Waals surface area contributed by atoms with Gasteiger partial charge in [0.05, 0.1) is 13.7 Å². The molecule has 0 bridgehead atoms. The Labute approximate surface area is 203 Å². The van der Waals surface area contributed by atoms with E-state index in [4.69, 9.17) is 9.47 Å². The minimum atomic E-state index is -0.557. The first-order valence-corrected chi connectivity index (χ1v) is 12.4. The highest BCUT2D eigenvalue weighted by molar-refractivity contribution is 5.87. The number of hydrogen-bond acceptors (Lipinski definition) is 4. The van der Waals surface area contributed by atoms with Gasteiger partial charge in [0.1, 0.15) is 17.5 Å². The molecule has 34 heavy (non-hydrogen) atoms. The highest BCUT2D eigenvalue weighted by Gasteiger charge is 2.28. The summed E-state index contributed by atoms with van der Waals surface area (Å²) < 4.78 is 11.1. The van der Waals surface area contributed by atoms with E-state index in [1.807, 2.05) is 62.4 Å². The van der Waals surface area contributed by atoms with Crippen LogP contribution >= 0.6 is 0 Å². The number of hydrogen-bond donors (Lipinski definition) is 1. The summed E-state index contributed by atoms with van der Waals surface area (Å²) in [6.45, 7) is 4.66. The highest BCUT2D eigenvalue weighted by atomic mass is 16.5. The first-order valence-electron chi connectivity index (χ1n) is 12.4. The fraction of sp³-hybridized carbons (Fsp3) is 0.500. The smallest absolute Gasteiger partial charge is 0.242 e. The van der Waals surface area contributed by atoms with Crippen molar-refractivity contribution in [2.45, 2.75) is 77.4 Å². The summed E-state index contributed by atoms with van der Waals surface area (Å²) in [5.41, 5.74) is 2.11. The lowest BCUT2D eigenvalue weighted by molar-refractivity contribution is -0.141. The van der Waals surface area contributed by atoms with Crippen LogP contribution in [0.4, 0.5) is 0 Å². The second-order valence-corrected chi connectivity index (χ2v) is 9.16. The Bertz CT molecular complexity index is 922. The third-order valence-corrected chi connectivity index (χ3v) is 6.43. The molecular formula is C28H38N2O4. The Morgan fingerprint density at radius 2 is 1.79 bits per heavy atom. The lowest BCUT2D eigenvalue weighted by Gasteiger charge is -2.31. The Balaban J connectivity index is 1.62. The van der Waals surface area contributed by atoms with Crippen LogP contribution in [0.3, 0.4) is 0 Å². The maximum absolute atomic E-state index is 13.3. The zero-order chi connectivity index (χ0) is 24.3. The van der Waals surface area contributed by atoms with Crippen molar-refractivity contribution in [3.8, 4) is 11.5 Å². The van der Waals surface area contributed by atoms with Crippen LogP contribution in [0.25, 0.3) is 0 Å². The molecule has 0 aromatic heterocycles. The summed E-state index contributed by atoms with van der Waals surface area (Å²) in [6, 6.07) is 15.2. The van der Waals surface area contributed by atoms with Crippen molar-refractivity contribution >= 4 is 11.8 Å². The summed E-state index contributed by atoms with van der Waals surface area (Å²) in [4.78, 5) is 28.0. The average Bonchev–Trinajstić information content (AvgIpc) is 2.86. The van der Waals surface area contributed by atoms with E-state index in [9.17, 15) is 9.59 Å². The predicted octanol–water partition coefficient (Wildman–Crippen LogP) is 5.03. The molecule has 0 spiro atoms. The van der Waals surface area contributed by atoms with Crippen LogP contribution in [0.1, 0.15) is 63.0 Å². The number of nitrogens with one attached hydrogen (secondary N) is 1. The molecular weight excluding hydrogens is 428 g/mol. The van der Waals surface area contributed by atoms with Gasteiger partial charge in [-0.15, -0.1) is 0 Å². The predicted molar refractivity (Wildman–Crippen MR) is 134 cm³/mol. The molecule has 184 valence electrons. The standard InChI is InChI=1S/C28H38N2O4/c1-21-14-16-25(17-15-21)34-18-8-13-27(31)30(20-23-9-7-12-26(19-23)33-3)22(2)28(32)29-24-10-5-4-6-11-24/h7,9,12,14-17,19,22,24H,4-6,8,10-11,13,18,20H2,1-3H3,(H,29,32)/t22-/m0/s1. The van der Waals surface area contributed by atoms with E-state index in [0.717, 1.165) is 42.7 Å². The van der Waals surface area contributed by atoms with Gasteiger partial charge in [-0.1, -0.05) is 49.1 Å². The van der Waals surface area contributed by atoms with Crippen LogP contribution in [0.5, 0.6) is 11.5 Å². The zero-order valence-corrected chi connectivity index (χ0v) is 20.7. The van der Waals surface area contributed by atoms with E-state index in [-0.39, 0.29) is 17.9 Å². The highest BCUT2D eigenvalue weighted by Crippen LogP contribution is 2.20. The third-order valence-electron chi connectivity index (χ3n) is 6.43. The van der Waals surface area contributed by atoms with Crippen LogP contribution in [0, 0.1) is 6.92 Å². The molecule has 1 aliphatic carbocycles. The molecule has 6 nitrogen and oxygen atoms in total. The lowest BCUT2D eigenvalue weighted by atomic mass is 9.95. The molecule has 0 saturated heterocycles. The fourth-order valence-corrected chi connectivity index (χ4v) is 4.31. The average molecular weight is 467 g/mol. The Hall–Kier alpha value is -3.02. The van der Waals surface area contributed by atoms with E-state index in [1.54, 1.807) is 12.0 Å².